The van der Waals surface area contributed by atoms with Gasteiger partial charge in [-0.3, -0.25) is 14.4 Å². The lowest BCUT2D eigenvalue weighted by Gasteiger charge is -2.37. The van der Waals surface area contributed by atoms with Gasteiger partial charge in [-0.25, -0.2) is 0 Å². The van der Waals surface area contributed by atoms with Gasteiger partial charge in [0.1, 0.15) is 0 Å². The van der Waals surface area contributed by atoms with E-state index < -0.39 is 37.6 Å². The molecule has 4 aromatic rings. The molecule has 0 saturated carbocycles. The topological polar surface area (TPSA) is 105 Å². The number of rotatable bonds is 10. The van der Waals surface area contributed by atoms with Crippen LogP contribution in [-0.2, 0) is 32.9 Å². The van der Waals surface area contributed by atoms with E-state index in [-0.39, 0.29) is 36.9 Å². The second kappa shape index (κ2) is 15.1. The highest BCUT2D eigenvalue weighted by Crippen LogP contribution is 2.60. The quantitative estimate of drug-likeness (QED) is 0.102. The fourth-order valence-electron chi connectivity index (χ4n) is 9.09. The van der Waals surface area contributed by atoms with E-state index in [2.05, 4.69) is 38.0 Å². The minimum Gasteiger partial charge on any atom is -0.394 e. The Balaban J connectivity index is 1.29. The van der Waals surface area contributed by atoms with Crippen LogP contribution in [0.5, 0.6) is 0 Å². The number of nitrogens with zero attached hydrogens (tertiary/aromatic N) is 4. The van der Waals surface area contributed by atoms with Gasteiger partial charge in [0.25, 0.3) is 11.5 Å². The monoisotopic (exact) mass is 762 g/mol. The molecule has 3 aliphatic heterocycles. The van der Waals surface area contributed by atoms with Crippen LogP contribution >= 0.6 is 0 Å². The predicted molar refractivity (Wildman–Crippen MR) is 216 cm³/mol. The van der Waals surface area contributed by atoms with E-state index in [1.54, 1.807) is 53.4 Å². The first-order valence-electron chi connectivity index (χ1n) is 19.3. The zero-order valence-corrected chi connectivity index (χ0v) is 33.6. The van der Waals surface area contributed by atoms with Crippen LogP contribution in [0.1, 0.15) is 63.6 Å². The summed E-state index contributed by atoms with van der Waals surface area (Å²) in [4.78, 5) is 46.5. The van der Waals surface area contributed by atoms with E-state index in [9.17, 15) is 14.7 Å². The van der Waals surface area contributed by atoms with Crippen molar-refractivity contribution in [2.75, 3.05) is 18.1 Å². The third-order valence-corrected chi connectivity index (χ3v) is 14.3. The number of aromatic nitrogens is 2. The largest absolute Gasteiger partial charge is 0.394 e. The van der Waals surface area contributed by atoms with Gasteiger partial charge in [0.2, 0.25) is 14.3 Å². The second-order valence-corrected chi connectivity index (χ2v) is 20.0. The highest BCUT2D eigenvalue weighted by atomic mass is 28.4. The minimum absolute atomic E-state index is 0.132. The normalized spacial score (nSPS) is 23.7. The van der Waals surface area contributed by atoms with Gasteiger partial charge in [0.15, 0.2) is 5.60 Å². The Morgan fingerprint density at radius 1 is 1.04 bits per heavy atom. The molecule has 1 spiro atoms. The molecule has 1 N–H and O–H groups in total. The van der Waals surface area contributed by atoms with E-state index >= 15 is 8.90 Å². The summed E-state index contributed by atoms with van der Waals surface area (Å²) in [6.45, 7) is 11.7. The van der Waals surface area contributed by atoms with Crippen LogP contribution in [0.15, 0.2) is 101 Å². The molecule has 0 radical (unpaired) electrons. The predicted octanol–water partition coefficient (Wildman–Crippen LogP) is 7.54. The van der Waals surface area contributed by atoms with Crippen molar-refractivity contribution in [3.05, 3.63) is 123 Å². The average Bonchev–Trinajstić information content (AvgIpc) is 3.58. The molecule has 288 valence electrons. The molecular formula is C44H51FN4O5Si. The number of aliphatic hydroxyl groups is 1. The molecule has 0 bridgehead atoms. The smallest absolute Gasteiger partial charge is 0.279 e. The Hall–Kier alpha value is -4.71. The van der Waals surface area contributed by atoms with E-state index in [1.807, 2.05) is 49.4 Å². The zero-order valence-electron chi connectivity index (χ0n) is 32.6. The lowest BCUT2D eigenvalue weighted by molar-refractivity contribution is -0.150. The van der Waals surface area contributed by atoms with E-state index in [1.165, 1.54) is 10.3 Å². The number of halogens is 1. The standard InChI is InChI=1S/C44H51FN4O5Si/c1-28(2)12-11-13-29(3)20-21-47-38-19-18-34(49-42(52)36-17-10-9-15-32(36)25-46-49)23-37(38)44(43(47)53)30(4)41(55(5,6)45)39(54-44)24-40(51)48-26-33-16-8-7-14-31(33)22-35(48)27-50/h7-10,12,14-20,23,25,30,35,39,41,50H,11,13,21-22,24,26-27H2,1-6H3/b29-20+/t30-,35-,39+,41-,44+/m0/s1. The summed E-state index contributed by atoms with van der Waals surface area (Å²) in [5, 5.41) is 16.1. The first-order chi connectivity index (χ1) is 26.2. The van der Waals surface area contributed by atoms with Crippen molar-refractivity contribution < 1.29 is 23.5 Å². The number of hydrogen-bond donors (Lipinski definition) is 1. The summed E-state index contributed by atoms with van der Waals surface area (Å²) in [5.74, 6) is -1.19. The maximum absolute atomic E-state index is 16.7. The van der Waals surface area contributed by atoms with Gasteiger partial charge in [0.05, 0.1) is 48.1 Å². The molecule has 0 unspecified atom stereocenters. The molecule has 1 saturated heterocycles. The number of allylic oxidation sites excluding steroid dienone is 3. The van der Waals surface area contributed by atoms with E-state index in [4.69, 9.17) is 4.74 Å². The zero-order chi connectivity index (χ0) is 39.2. The summed E-state index contributed by atoms with van der Waals surface area (Å²) < 4.78 is 25.0. The van der Waals surface area contributed by atoms with E-state index in [0.717, 1.165) is 29.5 Å². The fraction of sp³-hybridized carbons (Fsp3) is 0.409. The lowest BCUT2D eigenvalue weighted by Crippen LogP contribution is -2.48. The molecular weight excluding hydrogens is 712 g/mol. The summed E-state index contributed by atoms with van der Waals surface area (Å²) in [7, 11) is -3.59. The van der Waals surface area contributed by atoms with Gasteiger partial charge < -0.3 is 23.8 Å². The third kappa shape index (κ3) is 7.02. The summed E-state index contributed by atoms with van der Waals surface area (Å²) in [6, 6.07) is 20.1. The van der Waals surface area contributed by atoms with Crippen molar-refractivity contribution in [1.29, 1.82) is 0 Å². The highest BCUT2D eigenvalue weighted by molar-refractivity contribution is 6.72. The molecule has 7 rings (SSSR count). The lowest BCUT2D eigenvalue weighted by atomic mass is 9.82. The summed E-state index contributed by atoms with van der Waals surface area (Å²) in [6.07, 6.45) is 7.11. The van der Waals surface area contributed by atoms with Crippen LogP contribution in [0.2, 0.25) is 18.6 Å². The number of aliphatic hydroxyl groups excluding tert-OH is 1. The molecule has 1 aromatic heterocycles. The molecule has 1 fully saturated rings. The van der Waals surface area contributed by atoms with Crippen molar-refractivity contribution in [3.63, 3.8) is 0 Å². The number of ether oxygens (including phenoxy) is 1. The molecule has 3 aliphatic rings. The van der Waals surface area contributed by atoms with E-state index in [0.29, 0.717) is 40.7 Å². The molecule has 3 aromatic carbocycles. The first kappa shape index (κ1) is 38.6. The van der Waals surface area contributed by atoms with Gasteiger partial charge in [-0.15, -0.1) is 0 Å². The summed E-state index contributed by atoms with van der Waals surface area (Å²) >= 11 is 0. The van der Waals surface area contributed by atoms with Crippen molar-refractivity contribution in [1.82, 2.24) is 14.7 Å². The minimum atomic E-state index is -3.59. The summed E-state index contributed by atoms with van der Waals surface area (Å²) in [5.41, 5.74) is 3.50. The average molecular weight is 763 g/mol. The molecule has 9 nitrogen and oxygen atoms in total. The molecule has 11 heteroatoms. The van der Waals surface area contributed by atoms with Crippen LogP contribution < -0.4 is 10.5 Å². The number of fused-ring (bicyclic) bond motifs is 4. The molecule has 4 heterocycles. The number of carbonyl (C=O) groups excluding carboxylic acids is 2. The first-order valence-corrected chi connectivity index (χ1v) is 22.3. The number of anilines is 1. The number of amides is 2. The maximum Gasteiger partial charge on any atom is 0.279 e. The van der Waals surface area contributed by atoms with Crippen LogP contribution in [0.3, 0.4) is 0 Å². The van der Waals surface area contributed by atoms with Crippen LogP contribution in [0.25, 0.3) is 16.5 Å². The maximum atomic E-state index is 16.7. The second-order valence-electron chi connectivity index (χ2n) is 16.2. The van der Waals surface area contributed by atoms with Gasteiger partial charge >= 0.3 is 0 Å². The van der Waals surface area contributed by atoms with Crippen molar-refractivity contribution in [3.8, 4) is 5.69 Å². The van der Waals surface area contributed by atoms with Crippen molar-refractivity contribution >= 4 is 36.7 Å². The van der Waals surface area contributed by atoms with Crippen LogP contribution in [0, 0.1) is 5.92 Å². The molecule has 5 atom stereocenters. The number of benzene rings is 3. The van der Waals surface area contributed by atoms with Crippen molar-refractivity contribution in [2.45, 2.75) is 96.3 Å². The van der Waals surface area contributed by atoms with Gasteiger partial charge in [-0.1, -0.05) is 72.7 Å². The Kier molecular flexibility index (Phi) is 10.6. The van der Waals surface area contributed by atoms with Gasteiger partial charge in [0, 0.05) is 35.5 Å². The Labute approximate surface area is 323 Å². The van der Waals surface area contributed by atoms with Crippen LogP contribution in [-0.4, -0.2) is 65.3 Å². The molecule has 0 aliphatic carbocycles. The van der Waals surface area contributed by atoms with Gasteiger partial charge in [-0.2, -0.15) is 9.78 Å². The number of carbonyl (C=O) groups is 2. The Bertz CT molecular complexity index is 2260. The molecule has 2 amide bonds. The highest BCUT2D eigenvalue weighted by Gasteiger charge is 2.67. The van der Waals surface area contributed by atoms with Gasteiger partial charge in [-0.05, 0) is 88.5 Å². The fourth-order valence-corrected chi connectivity index (χ4v) is 11.6. The molecule has 55 heavy (non-hydrogen) atoms. The SMILES string of the molecule is CC(C)=CCC/C(C)=C/CN1C(=O)[C@]2(O[C@H](CC(=O)N3Cc4ccccc4C[C@H]3CO)[C@@H]([Si](C)(C)F)[C@@H]2C)c2cc(-n3ncc4ccccc4c3=O)ccc21. The van der Waals surface area contributed by atoms with Crippen molar-refractivity contribution in [2.24, 2.45) is 5.92 Å². The van der Waals surface area contributed by atoms with Crippen LogP contribution in [0.4, 0.5) is 9.80 Å². The Morgan fingerprint density at radius 3 is 2.49 bits per heavy atom. The third-order valence-electron chi connectivity index (χ3n) is 11.9. The number of hydrogen-bond acceptors (Lipinski definition) is 6. The Morgan fingerprint density at radius 2 is 1.76 bits per heavy atom.